The van der Waals surface area contributed by atoms with Crippen molar-refractivity contribution in [2.75, 3.05) is 5.32 Å². The van der Waals surface area contributed by atoms with Gasteiger partial charge in [-0.15, -0.1) is 0 Å². The maximum atomic E-state index is 12.9. The fourth-order valence-electron chi connectivity index (χ4n) is 2.07. The molecule has 1 atom stereocenters. The summed E-state index contributed by atoms with van der Waals surface area (Å²) in [6.45, 7) is 1.89. The van der Waals surface area contributed by atoms with Gasteiger partial charge in [-0.25, -0.2) is 13.6 Å². The fourth-order valence-corrected chi connectivity index (χ4v) is 2.81. The van der Waals surface area contributed by atoms with Crippen LogP contribution in [0.1, 0.15) is 25.3 Å². The second-order valence-electron chi connectivity index (χ2n) is 5.02. The molecule has 0 aromatic heterocycles. The van der Waals surface area contributed by atoms with Crippen molar-refractivity contribution in [1.29, 1.82) is 0 Å². The molecule has 0 saturated heterocycles. The Hall–Kier alpha value is -1.28. The predicted molar refractivity (Wildman–Crippen MR) is 68.6 cm³/mol. The highest BCUT2D eigenvalue weighted by Gasteiger charge is 2.37. The zero-order valence-electron chi connectivity index (χ0n) is 10.7. The molecule has 0 amide bonds. The number of alkyl halides is 3. The Morgan fingerprint density at radius 2 is 1.95 bits per heavy atom. The monoisotopic (exact) mass is 308 g/mol. The van der Waals surface area contributed by atoms with Crippen molar-refractivity contribution in [3.05, 3.63) is 23.8 Å². The number of hydrogen-bond donors (Lipinski definition) is 2. The van der Waals surface area contributed by atoms with Crippen LogP contribution in [0.5, 0.6) is 0 Å². The summed E-state index contributed by atoms with van der Waals surface area (Å²) in [7, 11) is -4.41. The Bertz CT molecular complexity index is 610. The normalized spacial score (nSPS) is 17.9. The minimum atomic E-state index is -4.78. The van der Waals surface area contributed by atoms with Crippen molar-refractivity contribution >= 4 is 15.7 Å². The van der Waals surface area contributed by atoms with Crippen molar-refractivity contribution in [3.8, 4) is 0 Å². The summed E-state index contributed by atoms with van der Waals surface area (Å²) in [5.74, 6) is 0.460. The Kier molecular flexibility index (Phi) is 3.72. The minimum Gasteiger partial charge on any atom is -0.382 e. The number of anilines is 1. The van der Waals surface area contributed by atoms with E-state index in [-0.39, 0.29) is 11.7 Å². The van der Waals surface area contributed by atoms with E-state index < -0.39 is 26.7 Å². The Balaban J connectivity index is 2.38. The van der Waals surface area contributed by atoms with Crippen molar-refractivity contribution in [2.45, 2.75) is 36.9 Å². The van der Waals surface area contributed by atoms with E-state index >= 15 is 0 Å². The molecule has 0 radical (unpaired) electrons. The van der Waals surface area contributed by atoms with E-state index in [9.17, 15) is 21.6 Å². The highest BCUT2D eigenvalue weighted by molar-refractivity contribution is 7.89. The van der Waals surface area contributed by atoms with Gasteiger partial charge in [0, 0.05) is 11.7 Å². The maximum Gasteiger partial charge on any atom is 0.417 e. The lowest BCUT2D eigenvalue weighted by Gasteiger charge is -2.17. The van der Waals surface area contributed by atoms with E-state index in [4.69, 9.17) is 5.14 Å². The number of nitrogens with one attached hydrogen (secondary N) is 1. The highest BCUT2D eigenvalue weighted by atomic mass is 32.2. The van der Waals surface area contributed by atoms with Crippen LogP contribution in [0.15, 0.2) is 23.1 Å². The van der Waals surface area contributed by atoms with Crippen molar-refractivity contribution < 1.29 is 21.6 Å². The number of nitrogens with two attached hydrogens (primary N) is 1. The van der Waals surface area contributed by atoms with E-state index in [1.54, 1.807) is 0 Å². The number of rotatable bonds is 4. The van der Waals surface area contributed by atoms with E-state index in [1.807, 2.05) is 6.92 Å². The van der Waals surface area contributed by atoms with Crippen LogP contribution < -0.4 is 10.5 Å². The standard InChI is InChI=1S/C12H15F3N2O2S/c1-7(8-2-3-8)17-9-4-5-11(20(16,18)19)10(6-9)12(13,14)15/h4-8,17H,2-3H2,1H3,(H2,16,18,19)/t7-/m0/s1. The summed E-state index contributed by atoms with van der Waals surface area (Å²) >= 11 is 0. The van der Waals surface area contributed by atoms with E-state index in [1.165, 1.54) is 6.07 Å². The van der Waals surface area contributed by atoms with Gasteiger partial charge in [0.2, 0.25) is 10.0 Å². The molecule has 1 fully saturated rings. The first-order chi connectivity index (χ1) is 9.09. The van der Waals surface area contributed by atoms with Gasteiger partial charge < -0.3 is 5.32 Å². The molecule has 1 aromatic rings. The molecule has 20 heavy (non-hydrogen) atoms. The summed E-state index contributed by atoms with van der Waals surface area (Å²) in [6, 6.07) is 3.03. The SMILES string of the molecule is C[C@H](Nc1ccc(S(N)(=O)=O)c(C(F)(F)F)c1)C1CC1. The number of halogens is 3. The first kappa shape index (κ1) is 15.1. The van der Waals surface area contributed by atoms with Crippen molar-refractivity contribution in [2.24, 2.45) is 11.1 Å². The minimum absolute atomic E-state index is 0.0522. The molecule has 1 aliphatic rings. The second kappa shape index (κ2) is 4.92. The fraction of sp³-hybridized carbons (Fsp3) is 0.500. The van der Waals surface area contributed by atoms with Gasteiger partial charge in [-0.3, -0.25) is 0 Å². The average Bonchev–Trinajstić information content (AvgIpc) is 3.09. The Morgan fingerprint density at radius 3 is 2.40 bits per heavy atom. The Morgan fingerprint density at radius 1 is 1.35 bits per heavy atom. The topological polar surface area (TPSA) is 72.2 Å². The summed E-state index contributed by atoms with van der Waals surface area (Å²) in [6.07, 6.45) is -2.67. The third kappa shape index (κ3) is 3.43. The molecule has 3 N–H and O–H groups in total. The molecule has 4 nitrogen and oxygen atoms in total. The van der Waals surface area contributed by atoms with E-state index in [0.29, 0.717) is 5.92 Å². The summed E-state index contributed by atoms with van der Waals surface area (Å²) in [4.78, 5) is -0.908. The first-order valence-corrected chi connectivity index (χ1v) is 7.64. The van der Waals surface area contributed by atoms with Crippen LogP contribution in [0.3, 0.4) is 0 Å². The van der Waals surface area contributed by atoms with Crippen LogP contribution in [0.25, 0.3) is 0 Å². The van der Waals surface area contributed by atoms with Crippen LogP contribution >= 0.6 is 0 Å². The largest absolute Gasteiger partial charge is 0.417 e. The molecule has 0 aliphatic heterocycles. The molecule has 0 unspecified atom stereocenters. The lowest BCUT2D eigenvalue weighted by molar-refractivity contribution is -0.139. The highest BCUT2D eigenvalue weighted by Crippen LogP contribution is 2.37. The summed E-state index contributed by atoms with van der Waals surface area (Å²) < 4.78 is 61.2. The number of sulfonamides is 1. The van der Waals surface area contributed by atoms with Gasteiger partial charge in [-0.2, -0.15) is 13.2 Å². The smallest absolute Gasteiger partial charge is 0.382 e. The molecule has 112 valence electrons. The summed E-state index contributed by atoms with van der Waals surface area (Å²) in [5.41, 5.74) is -1.00. The third-order valence-electron chi connectivity index (χ3n) is 3.31. The van der Waals surface area contributed by atoms with E-state index in [0.717, 1.165) is 25.0 Å². The molecular formula is C12H15F3N2O2S. The molecule has 2 rings (SSSR count). The molecule has 1 saturated carbocycles. The number of hydrogen-bond acceptors (Lipinski definition) is 3. The van der Waals surface area contributed by atoms with Crippen molar-refractivity contribution in [1.82, 2.24) is 0 Å². The molecule has 0 spiro atoms. The quantitative estimate of drug-likeness (QED) is 0.898. The van der Waals surface area contributed by atoms with Crippen LogP contribution in [0.4, 0.5) is 18.9 Å². The van der Waals surface area contributed by atoms with Crippen molar-refractivity contribution in [3.63, 3.8) is 0 Å². The maximum absolute atomic E-state index is 12.9. The average molecular weight is 308 g/mol. The molecule has 0 bridgehead atoms. The second-order valence-corrected chi connectivity index (χ2v) is 6.55. The van der Waals surface area contributed by atoms with Gasteiger partial charge in [0.25, 0.3) is 0 Å². The first-order valence-electron chi connectivity index (χ1n) is 6.09. The van der Waals surface area contributed by atoms with E-state index in [2.05, 4.69) is 5.32 Å². The predicted octanol–water partition coefficient (Wildman–Crippen LogP) is 2.56. The zero-order valence-corrected chi connectivity index (χ0v) is 11.6. The summed E-state index contributed by atoms with van der Waals surface area (Å²) in [5, 5.41) is 7.77. The number of benzene rings is 1. The third-order valence-corrected chi connectivity index (χ3v) is 4.28. The van der Waals surface area contributed by atoms with Crippen LogP contribution in [0, 0.1) is 5.92 Å². The molecule has 0 heterocycles. The Labute approximate surface area is 115 Å². The van der Waals surface area contributed by atoms with Gasteiger partial charge in [-0.1, -0.05) is 0 Å². The van der Waals surface area contributed by atoms with Gasteiger partial charge in [0.15, 0.2) is 0 Å². The lowest BCUT2D eigenvalue weighted by atomic mass is 10.1. The van der Waals surface area contributed by atoms with Crippen LogP contribution in [-0.2, 0) is 16.2 Å². The van der Waals surface area contributed by atoms with Crippen LogP contribution in [0.2, 0.25) is 0 Å². The van der Waals surface area contributed by atoms with Crippen LogP contribution in [-0.4, -0.2) is 14.5 Å². The molecular weight excluding hydrogens is 293 g/mol. The molecule has 8 heteroatoms. The number of primary sulfonamides is 1. The van der Waals surface area contributed by atoms with Gasteiger partial charge in [0.05, 0.1) is 10.5 Å². The van der Waals surface area contributed by atoms with Gasteiger partial charge in [0.1, 0.15) is 0 Å². The van der Waals surface area contributed by atoms with Gasteiger partial charge >= 0.3 is 6.18 Å². The molecule has 1 aromatic carbocycles. The molecule has 1 aliphatic carbocycles. The zero-order chi connectivity index (χ0) is 15.1. The van der Waals surface area contributed by atoms with Gasteiger partial charge in [-0.05, 0) is 43.9 Å². The lowest BCUT2D eigenvalue weighted by Crippen LogP contribution is -2.21.